The van der Waals surface area contributed by atoms with E-state index >= 15 is 0 Å². The summed E-state index contributed by atoms with van der Waals surface area (Å²) in [6.45, 7) is 9.06. The normalized spacial score (nSPS) is 15.0. The van der Waals surface area contributed by atoms with Crippen LogP contribution in [0.3, 0.4) is 0 Å². The van der Waals surface area contributed by atoms with E-state index < -0.39 is 0 Å². The molecule has 0 aliphatic heterocycles. The molecule has 0 aliphatic rings. The molecule has 2 atom stereocenters. The maximum Gasteiger partial charge on any atom is 0.145 e. The van der Waals surface area contributed by atoms with Crippen LogP contribution in [0.25, 0.3) is 0 Å². The molecule has 0 fully saturated rings. The monoisotopic (exact) mass is 310 g/mol. The van der Waals surface area contributed by atoms with Gasteiger partial charge in [-0.1, -0.05) is 39.9 Å². The molecule has 0 spiro atoms. The van der Waals surface area contributed by atoms with Crippen molar-refractivity contribution in [3.8, 4) is 0 Å². The molecule has 0 bridgehead atoms. The van der Waals surface area contributed by atoms with E-state index in [2.05, 4.69) is 27.7 Å². The summed E-state index contributed by atoms with van der Waals surface area (Å²) < 4.78 is 3.95. The van der Waals surface area contributed by atoms with Gasteiger partial charge in [-0.05, 0) is 12.8 Å². The highest BCUT2D eigenvalue weighted by molar-refractivity contribution is 8.05. The van der Waals surface area contributed by atoms with Crippen molar-refractivity contribution in [2.45, 2.75) is 59.5 Å². The first-order valence-electron chi connectivity index (χ1n) is 5.54. The lowest BCUT2D eigenvalue weighted by Gasteiger charge is -2.10. The Morgan fingerprint density at radius 2 is 1.38 bits per heavy atom. The molecular formula is C11H18S5. The fraction of sp³-hybridized carbons (Fsp3) is 0.727. The highest BCUT2D eigenvalue weighted by atomic mass is 32.2. The van der Waals surface area contributed by atoms with Crippen molar-refractivity contribution in [2.75, 3.05) is 0 Å². The summed E-state index contributed by atoms with van der Waals surface area (Å²) >= 11 is 12.9. The predicted molar refractivity (Wildman–Crippen MR) is 84.3 cm³/mol. The maximum atomic E-state index is 5.31. The Bertz CT molecular complexity index is 332. The fourth-order valence-corrected chi connectivity index (χ4v) is 7.41. The van der Waals surface area contributed by atoms with Gasteiger partial charge in [-0.25, -0.2) is 0 Å². The van der Waals surface area contributed by atoms with Gasteiger partial charge < -0.3 is 0 Å². The Morgan fingerprint density at radius 1 is 1.00 bits per heavy atom. The van der Waals surface area contributed by atoms with Crippen molar-refractivity contribution in [1.82, 2.24) is 0 Å². The SMILES string of the molecule is CCC(C)Sc1sc(=S)sc1SC(C)CC. The molecule has 1 aromatic rings. The lowest BCUT2D eigenvalue weighted by molar-refractivity contribution is 0.902. The average Bonchev–Trinajstić information content (AvgIpc) is 2.58. The third-order valence-electron chi connectivity index (χ3n) is 2.29. The average molecular weight is 311 g/mol. The van der Waals surface area contributed by atoms with E-state index in [0.717, 1.165) is 3.14 Å². The summed E-state index contributed by atoms with van der Waals surface area (Å²) in [7, 11) is 0. The number of rotatable bonds is 6. The molecule has 0 radical (unpaired) electrons. The van der Waals surface area contributed by atoms with Gasteiger partial charge in [0, 0.05) is 10.5 Å². The van der Waals surface area contributed by atoms with Gasteiger partial charge >= 0.3 is 0 Å². The summed E-state index contributed by atoms with van der Waals surface area (Å²) in [5, 5.41) is 1.38. The molecule has 0 saturated heterocycles. The van der Waals surface area contributed by atoms with Crippen LogP contribution in [0, 0.1) is 3.14 Å². The van der Waals surface area contributed by atoms with E-state index in [4.69, 9.17) is 12.2 Å². The summed E-state index contributed by atoms with van der Waals surface area (Å²) in [6.07, 6.45) is 2.43. The number of hydrogen-bond donors (Lipinski definition) is 0. The first-order chi connectivity index (χ1) is 7.56. The second-order valence-electron chi connectivity index (χ2n) is 3.70. The fourth-order valence-electron chi connectivity index (χ4n) is 0.932. The molecule has 1 heterocycles. The number of thioether (sulfide) groups is 2. The minimum absolute atomic E-state index is 0.691. The zero-order chi connectivity index (χ0) is 12.1. The molecule has 1 aromatic heterocycles. The minimum atomic E-state index is 0.691. The van der Waals surface area contributed by atoms with E-state index in [1.165, 1.54) is 21.3 Å². The molecule has 0 amide bonds. The van der Waals surface area contributed by atoms with Crippen molar-refractivity contribution in [3.63, 3.8) is 0 Å². The molecule has 2 unspecified atom stereocenters. The molecule has 16 heavy (non-hydrogen) atoms. The van der Waals surface area contributed by atoms with E-state index in [1.54, 1.807) is 22.7 Å². The highest BCUT2D eigenvalue weighted by Crippen LogP contribution is 2.44. The molecule has 92 valence electrons. The van der Waals surface area contributed by atoms with Gasteiger partial charge in [0.2, 0.25) is 0 Å². The van der Waals surface area contributed by atoms with Gasteiger partial charge in [0.15, 0.2) is 0 Å². The summed E-state index contributed by atoms with van der Waals surface area (Å²) in [4.78, 5) is 0. The van der Waals surface area contributed by atoms with Crippen LogP contribution in [-0.2, 0) is 0 Å². The second-order valence-corrected chi connectivity index (χ2v) is 10.3. The van der Waals surface area contributed by atoms with E-state index in [-0.39, 0.29) is 0 Å². The van der Waals surface area contributed by atoms with Crippen LogP contribution in [0.15, 0.2) is 8.42 Å². The van der Waals surface area contributed by atoms with Gasteiger partial charge in [-0.3, -0.25) is 0 Å². The van der Waals surface area contributed by atoms with E-state index in [9.17, 15) is 0 Å². The first-order valence-corrected chi connectivity index (χ1v) is 9.34. The Hall–Kier alpha value is 0.970. The topological polar surface area (TPSA) is 0 Å². The van der Waals surface area contributed by atoms with Gasteiger partial charge in [0.05, 0.1) is 8.42 Å². The predicted octanol–water partition coefficient (Wildman–Crippen LogP) is 6.32. The Balaban J connectivity index is 2.79. The van der Waals surface area contributed by atoms with Crippen LogP contribution in [0.2, 0.25) is 0 Å². The van der Waals surface area contributed by atoms with Crippen LogP contribution in [0.4, 0.5) is 0 Å². The van der Waals surface area contributed by atoms with Crippen LogP contribution in [0.5, 0.6) is 0 Å². The lowest BCUT2D eigenvalue weighted by atomic mass is 10.4. The number of hydrogen-bond acceptors (Lipinski definition) is 5. The molecule has 0 saturated carbocycles. The van der Waals surface area contributed by atoms with Crippen molar-refractivity contribution in [1.29, 1.82) is 0 Å². The largest absolute Gasteiger partial charge is 0.145 e. The van der Waals surface area contributed by atoms with Gasteiger partial charge in [-0.15, -0.1) is 46.2 Å². The standard InChI is InChI=1S/C11H18S5/c1-5-7(3)13-9-10(14-8(4)6-2)16-11(12)15-9/h7-8H,5-6H2,1-4H3. The summed E-state index contributed by atoms with van der Waals surface area (Å²) in [5.41, 5.74) is 0. The summed E-state index contributed by atoms with van der Waals surface area (Å²) in [5.74, 6) is 0. The molecule has 0 N–H and O–H groups in total. The van der Waals surface area contributed by atoms with Crippen LogP contribution in [-0.4, -0.2) is 10.5 Å². The molecule has 5 heteroatoms. The molecule has 0 nitrogen and oxygen atoms in total. The summed E-state index contributed by atoms with van der Waals surface area (Å²) in [6, 6.07) is 0. The van der Waals surface area contributed by atoms with Crippen LogP contribution in [0.1, 0.15) is 40.5 Å². The van der Waals surface area contributed by atoms with Gasteiger partial charge in [0.1, 0.15) is 3.14 Å². The Labute approximate surface area is 120 Å². The van der Waals surface area contributed by atoms with Crippen molar-refractivity contribution in [2.24, 2.45) is 0 Å². The van der Waals surface area contributed by atoms with Gasteiger partial charge in [-0.2, -0.15) is 0 Å². The van der Waals surface area contributed by atoms with Gasteiger partial charge in [0.25, 0.3) is 0 Å². The first kappa shape index (κ1) is 15.0. The van der Waals surface area contributed by atoms with Crippen LogP contribution < -0.4 is 0 Å². The molecule has 1 rings (SSSR count). The minimum Gasteiger partial charge on any atom is -0.110 e. The molecule has 0 aromatic carbocycles. The Morgan fingerprint density at radius 3 is 1.69 bits per heavy atom. The third kappa shape index (κ3) is 4.69. The van der Waals surface area contributed by atoms with Crippen molar-refractivity contribution < 1.29 is 0 Å². The quantitative estimate of drug-likeness (QED) is 0.445. The van der Waals surface area contributed by atoms with Crippen molar-refractivity contribution >= 4 is 58.4 Å². The van der Waals surface area contributed by atoms with Crippen molar-refractivity contribution in [3.05, 3.63) is 3.14 Å². The third-order valence-corrected chi connectivity index (χ3v) is 8.30. The maximum absolute atomic E-state index is 5.31. The Kier molecular flexibility index (Phi) is 6.96. The van der Waals surface area contributed by atoms with Crippen LogP contribution >= 0.6 is 58.4 Å². The van der Waals surface area contributed by atoms with E-state index in [0.29, 0.717) is 10.5 Å². The van der Waals surface area contributed by atoms with E-state index in [1.807, 2.05) is 23.5 Å². The zero-order valence-electron chi connectivity index (χ0n) is 10.1. The smallest absolute Gasteiger partial charge is 0.110 e. The highest BCUT2D eigenvalue weighted by Gasteiger charge is 2.13. The molecular weight excluding hydrogens is 292 g/mol. The molecule has 0 aliphatic carbocycles. The zero-order valence-corrected chi connectivity index (χ0v) is 14.2. The lowest BCUT2D eigenvalue weighted by Crippen LogP contribution is -1.93. The second kappa shape index (κ2) is 7.41.